The van der Waals surface area contributed by atoms with Crippen LogP contribution in [0.2, 0.25) is 0 Å². The Morgan fingerprint density at radius 1 is 1.33 bits per heavy atom. The Morgan fingerprint density at radius 3 is 2.33 bits per heavy atom. The SMILES string of the molecule is Cc1cc(F)c(O)c([C@H](N)C(C)(C)C)c1. The summed E-state index contributed by atoms with van der Waals surface area (Å²) in [5, 5.41) is 9.60. The number of phenolic OH excluding ortho intramolecular Hbond substituents is 1. The van der Waals surface area contributed by atoms with E-state index in [0.29, 0.717) is 5.56 Å². The maximum atomic E-state index is 13.3. The molecular weight excluding hydrogens is 193 g/mol. The van der Waals surface area contributed by atoms with Crippen LogP contribution in [-0.2, 0) is 0 Å². The van der Waals surface area contributed by atoms with Crippen molar-refractivity contribution in [3.05, 3.63) is 29.1 Å². The molecule has 0 radical (unpaired) electrons. The molecule has 3 N–H and O–H groups in total. The van der Waals surface area contributed by atoms with Gasteiger partial charge in [-0.2, -0.15) is 0 Å². The highest BCUT2D eigenvalue weighted by Crippen LogP contribution is 2.36. The van der Waals surface area contributed by atoms with Gasteiger partial charge in [-0.25, -0.2) is 4.39 Å². The second-order valence-corrected chi connectivity index (χ2v) is 5.03. The van der Waals surface area contributed by atoms with Crippen LogP contribution in [0.5, 0.6) is 5.75 Å². The van der Waals surface area contributed by atoms with E-state index in [1.54, 1.807) is 13.0 Å². The third-order valence-electron chi connectivity index (χ3n) is 2.51. The molecule has 0 fully saturated rings. The zero-order valence-electron chi connectivity index (χ0n) is 9.63. The predicted molar refractivity (Wildman–Crippen MR) is 59.2 cm³/mol. The number of rotatable bonds is 1. The number of aryl methyl sites for hydroxylation is 1. The van der Waals surface area contributed by atoms with Crippen molar-refractivity contribution in [1.29, 1.82) is 0 Å². The first-order chi connectivity index (χ1) is 6.73. The summed E-state index contributed by atoms with van der Waals surface area (Å²) in [5.74, 6) is -0.937. The Balaban J connectivity index is 3.25. The number of phenols is 1. The molecule has 3 heteroatoms. The number of nitrogens with two attached hydrogens (primary N) is 1. The molecule has 1 rings (SSSR count). The Bertz CT molecular complexity index is 369. The summed E-state index contributed by atoms with van der Waals surface area (Å²) in [6.07, 6.45) is 0. The average Bonchev–Trinajstić information content (AvgIpc) is 2.08. The fourth-order valence-corrected chi connectivity index (χ4v) is 1.47. The number of benzene rings is 1. The van der Waals surface area contributed by atoms with E-state index in [2.05, 4.69) is 0 Å². The van der Waals surface area contributed by atoms with Crippen LogP contribution in [0.1, 0.15) is 37.9 Å². The normalized spacial score (nSPS) is 14.0. The Morgan fingerprint density at radius 2 is 1.87 bits per heavy atom. The zero-order valence-corrected chi connectivity index (χ0v) is 9.63. The first kappa shape index (κ1) is 12.0. The molecule has 2 nitrogen and oxygen atoms in total. The quantitative estimate of drug-likeness (QED) is 0.750. The van der Waals surface area contributed by atoms with Crippen LogP contribution in [0.25, 0.3) is 0 Å². The summed E-state index contributed by atoms with van der Waals surface area (Å²) in [4.78, 5) is 0. The molecular formula is C12H18FNO. The third kappa shape index (κ3) is 2.48. The second-order valence-electron chi connectivity index (χ2n) is 5.03. The molecule has 0 saturated carbocycles. The van der Waals surface area contributed by atoms with Crippen molar-refractivity contribution < 1.29 is 9.50 Å². The lowest BCUT2D eigenvalue weighted by molar-refractivity contribution is 0.313. The van der Waals surface area contributed by atoms with Gasteiger partial charge in [0.1, 0.15) is 0 Å². The van der Waals surface area contributed by atoms with Gasteiger partial charge in [-0.1, -0.05) is 26.8 Å². The van der Waals surface area contributed by atoms with Gasteiger partial charge in [-0.3, -0.25) is 0 Å². The van der Waals surface area contributed by atoms with Gasteiger partial charge in [-0.05, 0) is 24.0 Å². The van der Waals surface area contributed by atoms with Gasteiger partial charge in [0.05, 0.1) is 0 Å². The van der Waals surface area contributed by atoms with Crippen LogP contribution in [0.4, 0.5) is 4.39 Å². The van der Waals surface area contributed by atoms with E-state index in [9.17, 15) is 9.50 Å². The molecule has 0 spiro atoms. The van der Waals surface area contributed by atoms with E-state index in [1.807, 2.05) is 20.8 Å². The van der Waals surface area contributed by atoms with Crippen LogP contribution < -0.4 is 5.73 Å². The molecule has 0 aromatic heterocycles. The van der Waals surface area contributed by atoms with Gasteiger partial charge < -0.3 is 10.8 Å². The molecule has 0 amide bonds. The van der Waals surface area contributed by atoms with Gasteiger partial charge in [0.25, 0.3) is 0 Å². The van der Waals surface area contributed by atoms with Crippen molar-refractivity contribution in [2.75, 3.05) is 0 Å². The van der Waals surface area contributed by atoms with Crippen LogP contribution in [0.3, 0.4) is 0 Å². The maximum absolute atomic E-state index is 13.3. The number of hydrogen-bond donors (Lipinski definition) is 2. The standard InChI is InChI=1S/C12H18FNO/c1-7-5-8(10(15)9(13)6-7)11(14)12(2,3)4/h5-6,11,15H,14H2,1-4H3/t11-/m0/s1. The molecule has 0 saturated heterocycles. The van der Waals surface area contributed by atoms with E-state index < -0.39 is 5.82 Å². The minimum atomic E-state index is -0.607. The Hall–Kier alpha value is -1.09. The minimum absolute atomic E-state index is 0.211. The maximum Gasteiger partial charge on any atom is 0.165 e. The highest BCUT2D eigenvalue weighted by Gasteiger charge is 2.26. The molecule has 84 valence electrons. The lowest BCUT2D eigenvalue weighted by Gasteiger charge is -2.28. The van der Waals surface area contributed by atoms with Crippen molar-refractivity contribution in [3.63, 3.8) is 0 Å². The summed E-state index contributed by atoms with van der Waals surface area (Å²) in [6, 6.07) is 2.65. The predicted octanol–water partition coefficient (Wildman–Crippen LogP) is 2.89. The summed E-state index contributed by atoms with van der Waals surface area (Å²) in [7, 11) is 0. The molecule has 0 aliphatic rings. The van der Waals surface area contributed by atoms with Crippen LogP contribution >= 0.6 is 0 Å². The molecule has 15 heavy (non-hydrogen) atoms. The van der Waals surface area contributed by atoms with Gasteiger partial charge >= 0.3 is 0 Å². The molecule has 0 bridgehead atoms. The topological polar surface area (TPSA) is 46.2 Å². The summed E-state index contributed by atoms with van der Waals surface area (Å²) < 4.78 is 13.3. The smallest absolute Gasteiger partial charge is 0.165 e. The molecule has 0 aliphatic heterocycles. The van der Waals surface area contributed by atoms with E-state index in [4.69, 9.17) is 5.73 Å². The summed E-state index contributed by atoms with van der Waals surface area (Å²) in [6.45, 7) is 7.65. The molecule has 1 aromatic carbocycles. The molecule has 0 aliphatic carbocycles. The van der Waals surface area contributed by atoms with Gasteiger partial charge in [0, 0.05) is 11.6 Å². The van der Waals surface area contributed by atoms with Crippen molar-refractivity contribution in [1.82, 2.24) is 0 Å². The van der Waals surface area contributed by atoms with Gasteiger partial charge in [0.15, 0.2) is 11.6 Å². The molecule has 0 heterocycles. The minimum Gasteiger partial charge on any atom is -0.505 e. The summed E-state index contributed by atoms with van der Waals surface area (Å²) >= 11 is 0. The first-order valence-electron chi connectivity index (χ1n) is 4.98. The Kier molecular flexibility index (Phi) is 3.05. The van der Waals surface area contributed by atoms with Crippen molar-refractivity contribution in [3.8, 4) is 5.75 Å². The molecule has 1 atom stereocenters. The number of hydrogen-bond acceptors (Lipinski definition) is 2. The van der Waals surface area contributed by atoms with Crippen LogP contribution in [-0.4, -0.2) is 5.11 Å². The largest absolute Gasteiger partial charge is 0.505 e. The van der Waals surface area contributed by atoms with E-state index in [0.717, 1.165) is 5.56 Å². The van der Waals surface area contributed by atoms with E-state index >= 15 is 0 Å². The lowest BCUT2D eigenvalue weighted by atomic mass is 9.82. The Labute approximate surface area is 89.9 Å². The molecule has 0 unspecified atom stereocenters. The van der Waals surface area contributed by atoms with Crippen molar-refractivity contribution in [2.24, 2.45) is 11.1 Å². The average molecular weight is 211 g/mol. The lowest BCUT2D eigenvalue weighted by Crippen LogP contribution is -2.26. The highest BCUT2D eigenvalue weighted by atomic mass is 19.1. The van der Waals surface area contributed by atoms with E-state index in [1.165, 1.54) is 6.07 Å². The van der Waals surface area contributed by atoms with Gasteiger partial charge in [0.2, 0.25) is 0 Å². The summed E-state index contributed by atoms with van der Waals surface area (Å²) in [5.41, 5.74) is 7.01. The highest BCUT2D eigenvalue weighted by molar-refractivity contribution is 5.40. The van der Waals surface area contributed by atoms with Crippen molar-refractivity contribution >= 4 is 0 Å². The first-order valence-corrected chi connectivity index (χ1v) is 4.98. The fourth-order valence-electron chi connectivity index (χ4n) is 1.47. The van der Waals surface area contributed by atoms with Crippen LogP contribution in [0.15, 0.2) is 12.1 Å². The molecule has 1 aromatic rings. The second kappa shape index (κ2) is 3.81. The third-order valence-corrected chi connectivity index (χ3v) is 2.51. The number of halogens is 1. The van der Waals surface area contributed by atoms with E-state index in [-0.39, 0.29) is 17.2 Å². The number of aromatic hydroxyl groups is 1. The van der Waals surface area contributed by atoms with Crippen molar-refractivity contribution in [2.45, 2.75) is 33.7 Å². The monoisotopic (exact) mass is 211 g/mol. The van der Waals surface area contributed by atoms with Crippen LogP contribution in [0, 0.1) is 18.2 Å². The van der Waals surface area contributed by atoms with Gasteiger partial charge in [-0.15, -0.1) is 0 Å². The fraction of sp³-hybridized carbons (Fsp3) is 0.500. The zero-order chi connectivity index (χ0) is 11.8.